The molecule has 2 aliphatic heterocycles. The van der Waals surface area contributed by atoms with Crippen molar-refractivity contribution in [3.05, 3.63) is 29.4 Å². The lowest BCUT2D eigenvalue weighted by atomic mass is 9.79. The Labute approximate surface area is 171 Å². The number of aromatic nitrogens is 2. The topological polar surface area (TPSA) is 59.4 Å². The van der Waals surface area contributed by atoms with Gasteiger partial charge in [-0.2, -0.15) is 5.10 Å². The summed E-state index contributed by atoms with van der Waals surface area (Å²) < 4.78 is 7.45. The zero-order valence-corrected chi connectivity index (χ0v) is 17.1. The van der Waals surface area contributed by atoms with Crippen molar-refractivity contribution in [2.75, 3.05) is 39.4 Å². The number of carbonyl (C=O) groups is 1. The molecule has 2 aliphatic rings. The summed E-state index contributed by atoms with van der Waals surface area (Å²) in [6.45, 7) is 6.32. The van der Waals surface area contributed by atoms with Crippen molar-refractivity contribution in [2.45, 2.75) is 38.6 Å². The number of ether oxygens (including phenoxy) is 1. The predicted molar refractivity (Wildman–Crippen MR) is 111 cm³/mol. The van der Waals surface area contributed by atoms with Crippen molar-refractivity contribution in [3.63, 3.8) is 0 Å². The number of fused-ring (bicyclic) bond motifs is 1. The first-order chi connectivity index (χ1) is 13.6. The normalized spacial score (nSPS) is 19.9. The quantitative estimate of drug-likeness (QED) is 0.770. The Morgan fingerprint density at radius 2 is 2.04 bits per heavy atom. The molecule has 0 atom stereocenters. The number of carbonyl (C=O) groups excluding carboxylic acids is 1. The van der Waals surface area contributed by atoms with Crippen LogP contribution in [-0.4, -0.2) is 60.0 Å². The number of halogens is 1. The van der Waals surface area contributed by atoms with E-state index >= 15 is 0 Å². The zero-order valence-electron chi connectivity index (χ0n) is 16.3. The van der Waals surface area contributed by atoms with Crippen molar-refractivity contribution in [3.8, 4) is 0 Å². The molecule has 1 aromatic carbocycles. The minimum Gasteiger partial charge on any atom is -0.381 e. The third-order valence-corrected chi connectivity index (χ3v) is 6.36. The minimum atomic E-state index is 0.0815. The highest BCUT2D eigenvalue weighted by Crippen LogP contribution is 2.32. The third-order valence-electron chi connectivity index (χ3n) is 6.13. The molecule has 0 bridgehead atoms. The van der Waals surface area contributed by atoms with Crippen LogP contribution in [0.4, 0.5) is 0 Å². The second-order valence-corrected chi connectivity index (χ2v) is 8.63. The third kappa shape index (κ3) is 4.67. The van der Waals surface area contributed by atoms with Gasteiger partial charge in [-0.25, -0.2) is 0 Å². The fourth-order valence-corrected chi connectivity index (χ4v) is 4.58. The highest BCUT2D eigenvalue weighted by Gasteiger charge is 2.35. The number of likely N-dealkylation sites (tertiary alicyclic amines) is 1. The number of nitrogens with zero attached hydrogens (tertiary/aromatic N) is 3. The Balaban J connectivity index is 1.32. The molecule has 0 aliphatic carbocycles. The zero-order chi connectivity index (χ0) is 19.4. The SMILES string of the molecule is O=C(CCn1ncc2ccc(Cl)cc21)NCC1(CN2CCCC2)CCOCC1. The smallest absolute Gasteiger partial charge is 0.221 e. The molecule has 0 radical (unpaired) electrons. The summed E-state index contributed by atoms with van der Waals surface area (Å²) in [4.78, 5) is 15.1. The molecule has 6 nitrogen and oxygen atoms in total. The molecule has 7 heteroatoms. The van der Waals surface area contributed by atoms with E-state index in [1.165, 1.54) is 25.9 Å². The van der Waals surface area contributed by atoms with Crippen LogP contribution in [0.15, 0.2) is 24.4 Å². The summed E-state index contributed by atoms with van der Waals surface area (Å²) in [6, 6.07) is 5.71. The van der Waals surface area contributed by atoms with E-state index in [2.05, 4.69) is 15.3 Å². The Hall–Kier alpha value is -1.63. The standard InChI is InChI=1S/C21H29ClN4O2/c22-18-4-3-17-14-24-26(19(17)13-18)10-5-20(27)23-15-21(6-11-28-12-7-21)16-25-8-1-2-9-25/h3-4,13-14H,1-2,5-12,15-16H2,(H,23,27). The highest BCUT2D eigenvalue weighted by molar-refractivity contribution is 6.31. The maximum absolute atomic E-state index is 12.5. The summed E-state index contributed by atoms with van der Waals surface area (Å²) in [5, 5.41) is 9.32. The Morgan fingerprint density at radius 1 is 1.25 bits per heavy atom. The summed E-state index contributed by atoms with van der Waals surface area (Å²) in [5.74, 6) is 0.0815. The molecular formula is C21H29ClN4O2. The van der Waals surface area contributed by atoms with Crippen molar-refractivity contribution in [1.82, 2.24) is 20.0 Å². The second-order valence-electron chi connectivity index (χ2n) is 8.19. The van der Waals surface area contributed by atoms with Crippen molar-refractivity contribution in [1.29, 1.82) is 0 Å². The van der Waals surface area contributed by atoms with E-state index in [1.54, 1.807) is 0 Å². The summed E-state index contributed by atoms with van der Waals surface area (Å²) >= 11 is 6.10. The van der Waals surface area contributed by atoms with E-state index in [1.807, 2.05) is 29.1 Å². The fourth-order valence-electron chi connectivity index (χ4n) is 4.41. The Kier molecular flexibility index (Phi) is 6.19. The van der Waals surface area contributed by atoms with Gasteiger partial charge in [0.05, 0.1) is 18.3 Å². The van der Waals surface area contributed by atoms with Gasteiger partial charge in [0.2, 0.25) is 5.91 Å². The lowest BCUT2D eigenvalue weighted by Gasteiger charge is -2.40. The van der Waals surface area contributed by atoms with Crippen LogP contribution in [0.5, 0.6) is 0 Å². The number of hydrogen-bond donors (Lipinski definition) is 1. The summed E-state index contributed by atoms with van der Waals surface area (Å²) in [5.41, 5.74) is 1.11. The van der Waals surface area contributed by atoms with Gasteiger partial charge in [0.25, 0.3) is 0 Å². The van der Waals surface area contributed by atoms with Crippen LogP contribution in [0, 0.1) is 5.41 Å². The van der Waals surface area contributed by atoms with Gasteiger partial charge >= 0.3 is 0 Å². The molecule has 0 saturated carbocycles. The molecule has 0 unspecified atom stereocenters. The van der Waals surface area contributed by atoms with Gasteiger partial charge in [0.1, 0.15) is 0 Å². The Morgan fingerprint density at radius 3 is 2.82 bits per heavy atom. The molecule has 4 rings (SSSR count). The van der Waals surface area contributed by atoms with Gasteiger partial charge in [-0.05, 0) is 57.0 Å². The highest BCUT2D eigenvalue weighted by atomic mass is 35.5. The van der Waals surface area contributed by atoms with E-state index < -0.39 is 0 Å². The minimum absolute atomic E-state index is 0.0815. The number of amides is 1. The first-order valence-electron chi connectivity index (χ1n) is 10.3. The summed E-state index contributed by atoms with van der Waals surface area (Å²) in [6.07, 6.45) is 6.86. The molecule has 152 valence electrons. The molecular weight excluding hydrogens is 376 g/mol. The molecule has 2 saturated heterocycles. The van der Waals surface area contributed by atoms with Crippen LogP contribution in [0.3, 0.4) is 0 Å². The number of nitrogens with one attached hydrogen (secondary N) is 1. The fraction of sp³-hybridized carbons (Fsp3) is 0.619. The maximum atomic E-state index is 12.5. The maximum Gasteiger partial charge on any atom is 0.221 e. The van der Waals surface area contributed by atoms with E-state index in [9.17, 15) is 4.79 Å². The lowest BCUT2D eigenvalue weighted by Crippen LogP contribution is -2.48. The summed E-state index contributed by atoms with van der Waals surface area (Å²) in [7, 11) is 0. The van der Waals surface area contributed by atoms with Crippen LogP contribution in [0.25, 0.3) is 10.9 Å². The van der Waals surface area contributed by atoms with E-state index in [0.29, 0.717) is 18.0 Å². The van der Waals surface area contributed by atoms with Crippen LogP contribution >= 0.6 is 11.6 Å². The molecule has 2 fully saturated rings. The van der Waals surface area contributed by atoms with E-state index in [4.69, 9.17) is 16.3 Å². The number of hydrogen-bond acceptors (Lipinski definition) is 4. The van der Waals surface area contributed by atoms with Gasteiger partial charge in [0.15, 0.2) is 0 Å². The molecule has 0 spiro atoms. The van der Waals surface area contributed by atoms with Crippen molar-refractivity contribution >= 4 is 28.4 Å². The number of benzene rings is 1. The average molecular weight is 405 g/mol. The molecule has 3 heterocycles. The number of rotatable bonds is 7. The van der Waals surface area contributed by atoms with Gasteiger partial charge in [-0.15, -0.1) is 0 Å². The van der Waals surface area contributed by atoms with Gasteiger partial charge in [0, 0.05) is 48.5 Å². The first-order valence-corrected chi connectivity index (χ1v) is 10.7. The number of aryl methyl sites for hydroxylation is 1. The van der Waals surface area contributed by atoms with Crippen LogP contribution in [0.2, 0.25) is 5.02 Å². The van der Waals surface area contributed by atoms with Crippen molar-refractivity contribution in [2.24, 2.45) is 5.41 Å². The van der Waals surface area contributed by atoms with Gasteiger partial charge in [-0.3, -0.25) is 9.48 Å². The van der Waals surface area contributed by atoms with E-state index in [-0.39, 0.29) is 11.3 Å². The van der Waals surface area contributed by atoms with Gasteiger partial charge in [-0.1, -0.05) is 11.6 Å². The average Bonchev–Trinajstić information content (AvgIpc) is 3.35. The molecule has 1 N–H and O–H groups in total. The molecule has 28 heavy (non-hydrogen) atoms. The molecule has 2 aromatic rings. The second kappa shape index (κ2) is 8.80. The first kappa shape index (κ1) is 19.7. The molecule has 1 amide bonds. The largest absolute Gasteiger partial charge is 0.381 e. The van der Waals surface area contributed by atoms with E-state index in [0.717, 1.165) is 50.0 Å². The monoisotopic (exact) mass is 404 g/mol. The van der Waals surface area contributed by atoms with Crippen LogP contribution < -0.4 is 5.32 Å². The van der Waals surface area contributed by atoms with Crippen molar-refractivity contribution < 1.29 is 9.53 Å². The predicted octanol–water partition coefficient (Wildman–Crippen LogP) is 3.09. The van der Waals surface area contributed by atoms with Crippen LogP contribution in [-0.2, 0) is 16.1 Å². The Bertz CT molecular complexity index is 810. The lowest BCUT2D eigenvalue weighted by molar-refractivity contribution is -0.122. The molecule has 1 aromatic heterocycles. The van der Waals surface area contributed by atoms with Gasteiger partial charge < -0.3 is 15.0 Å². The van der Waals surface area contributed by atoms with Crippen LogP contribution in [0.1, 0.15) is 32.1 Å².